The summed E-state index contributed by atoms with van der Waals surface area (Å²) in [4.78, 5) is 28.9. The quantitative estimate of drug-likeness (QED) is 0.727. The van der Waals surface area contributed by atoms with E-state index in [2.05, 4.69) is 10.3 Å². The van der Waals surface area contributed by atoms with Gasteiger partial charge in [-0.25, -0.2) is 4.98 Å². The lowest BCUT2D eigenvalue weighted by molar-refractivity contribution is -0.121. The number of benzene rings is 2. The van der Waals surface area contributed by atoms with E-state index in [9.17, 15) is 9.59 Å². The zero-order valence-electron chi connectivity index (χ0n) is 14.1. The average Bonchev–Trinajstić information content (AvgIpc) is 2.59. The molecule has 134 valence electrons. The van der Waals surface area contributed by atoms with Gasteiger partial charge in [0.05, 0.1) is 22.3 Å². The van der Waals surface area contributed by atoms with Crippen LogP contribution >= 0.6 is 23.2 Å². The normalized spacial score (nSPS) is 10.9. The largest absolute Gasteiger partial charge is 0.354 e. The Balaban J connectivity index is 1.69. The van der Waals surface area contributed by atoms with Gasteiger partial charge in [-0.1, -0.05) is 47.5 Å². The van der Waals surface area contributed by atoms with Gasteiger partial charge in [0.25, 0.3) is 5.56 Å². The molecule has 0 aliphatic rings. The third-order valence-corrected chi connectivity index (χ3v) is 4.64. The number of halogens is 2. The van der Waals surface area contributed by atoms with Gasteiger partial charge in [-0.2, -0.15) is 0 Å². The fourth-order valence-electron chi connectivity index (χ4n) is 2.75. The van der Waals surface area contributed by atoms with Crippen molar-refractivity contribution in [3.8, 4) is 0 Å². The van der Waals surface area contributed by atoms with Crippen molar-refractivity contribution in [3.05, 3.63) is 74.3 Å². The van der Waals surface area contributed by atoms with Gasteiger partial charge in [0.15, 0.2) is 0 Å². The molecular weight excluding hydrogens is 373 g/mol. The van der Waals surface area contributed by atoms with Crippen LogP contribution in [0.15, 0.2) is 47.5 Å². The second-order valence-corrected chi connectivity index (χ2v) is 6.83. The highest BCUT2D eigenvalue weighted by Crippen LogP contribution is 2.23. The Morgan fingerprint density at radius 2 is 2.00 bits per heavy atom. The summed E-state index contributed by atoms with van der Waals surface area (Å²) >= 11 is 12.0. The first-order valence-corrected chi connectivity index (χ1v) is 8.86. The monoisotopic (exact) mass is 389 g/mol. The number of nitrogens with one attached hydrogen (secondary N) is 1. The van der Waals surface area contributed by atoms with Crippen molar-refractivity contribution < 1.29 is 4.79 Å². The van der Waals surface area contributed by atoms with Crippen LogP contribution in [0.5, 0.6) is 0 Å². The molecule has 0 aliphatic carbocycles. The minimum Gasteiger partial charge on any atom is -0.354 e. The second-order valence-electron chi connectivity index (χ2n) is 5.99. The lowest BCUT2D eigenvalue weighted by Crippen LogP contribution is -2.33. The Morgan fingerprint density at radius 1 is 1.23 bits per heavy atom. The number of carbonyl (C=O) groups is 1. The van der Waals surface area contributed by atoms with E-state index in [1.807, 2.05) is 31.2 Å². The first kappa shape index (κ1) is 18.4. The summed E-state index contributed by atoms with van der Waals surface area (Å²) in [6.45, 7) is 2.42. The van der Waals surface area contributed by atoms with Gasteiger partial charge >= 0.3 is 0 Å². The van der Waals surface area contributed by atoms with Gasteiger partial charge in [-0.15, -0.1) is 0 Å². The van der Waals surface area contributed by atoms with Crippen LogP contribution in [0.2, 0.25) is 10.0 Å². The van der Waals surface area contributed by atoms with Crippen molar-refractivity contribution in [3.63, 3.8) is 0 Å². The summed E-state index contributed by atoms with van der Waals surface area (Å²) in [5.74, 6) is -0.255. The smallest absolute Gasteiger partial charge is 0.261 e. The number of hydrogen-bond donors (Lipinski definition) is 1. The zero-order valence-corrected chi connectivity index (χ0v) is 15.6. The fraction of sp³-hybridized carbons (Fsp3) is 0.211. The number of amides is 1. The van der Waals surface area contributed by atoms with E-state index in [0.717, 1.165) is 6.42 Å². The maximum absolute atomic E-state index is 12.5. The summed E-state index contributed by atoms with van der Waals surface area (Å²) in [7, 11) is 0. The van der Waals surface area contributed by atoms with E-state index in [4.69, 9.17) is 23.2 Å². The maximum atomic E-state index is 12.5. The molecule has 0 unspecified atom stereocenters. The molecule has 3 rings (SSSR count). The molecule has 1 amide bonds. The number of fused-ring (bicyclic) bond motifs is 1. The molecule has 1 heterocycles. The molecule has 26 heavy (non-hydrogen) atoms. The van der Waals surface area contributed by atoms with Crippen LogP contribution in [0.4, 0.5) is 0 Å². The van der Waals surface area contributed by atoms with E-state index < -0.39 is 0 Å². The molecule has 5 nitrogen and oxygen atoms in total. The number of nitrogens with zero attached hydrogens (tertiary/aromatic N) is 2. The van der Waals surface area contributed by atoms with Crippen molar-refractivity contribution in [2.45, 2.75) is 19.9 Å². The molecular formula is C19H17Cl2N3O2. The Morgan fingerprint density at radius 3 is 2.77 bits per heavy atom. The van der Waals surface area contributed by atoms with Crippen LogP contribution in [0.3, 0.4) is 0 Å². The SMILES string of the molecule is Cc1ccccc1CCNC(=O)Cn1cnc2c(Cl)cc(Cl)cc2c1=O. The topological polar surface area (TPSA) is 64.0 Å². The molecule has 2 aromatic carbocycles. The molecule has 7 heteroatoms. The van der Waals surface area contributed by atoms with Gasteiger partial charge in [-0.3, -0.25) is 14.2 Å². The first-order chi connectivity index (χ1) is 12.5. The number of aryl methyl sites for hydroxylation is 1. The standard InChI is InChI=1S/C19H17Cl2N3O2/c1-12-4-2-3-5-13(12)6-7-22-17(25)10-24-11-23-18-15(19(24)26)8-14(20)9-16(18)21/h2-5,8-9,11H,6-7,10H2,1H3,(H,22,25). The van der Waals surface area contributed by atoms with Crippen LogP contribution in [0.25, 0.3) is 10.9 Å². The van der Waals surface area contributed by atoms with Gasteiger partial charge in [-0.05, 0) is 36.6 Å². The molecule has 0 bridgehead atoms. The van der Waals surface area contributed by atoms with E-state index in [1.54, 1.807) is 0 Å². The Hall–Kier alpha value is -2.37. The molecule has 0 saturated carbocycles. The van der Waals surface area contributed by atoms with Crippen molar-refractivity contribution in [1.82, 2.24) is 14.9 Å². The summed E-state index contributed by atoms with van der Waals surface area (Å²) < 4.78 is 1.25. The average molecular weight is 390 g/mol. The third-order valence-electron chi connectivity index (χ3n) is 4.14. The lowest BCUT2D eigenvalue weighted by Gasteiger charge is -2.09. The van der Waals surface area contributed by atoms with E-state index in [-0.39, 0.29) is 23.4 Å². The summed E-state index contributed by atoms with van der Waals surface area (Å²) in [6.07, 6.45) is 2.06. The van der Waals surface area contributed by atoms with E-state index in [0.29, 0.717) is 22.1 Å². The summed E-state index contributed by atoms with van der Waals surface area (Å²) in [6, 6.07) is 11.1. The Bertz CT molecular complexity index is 1030. The molecule has 0 fully saturated rings. The minimum atomic E-state index is -0.353. The highest BCUT2D eigenvalue weighted by Gasteiger charge is 2.11. The third kappa shape index (κ3) is 4.06. The molecule has 1 aromatic heterocycles. The van der Waals surface area contributed by atoms with E-state index in [1.165, 1.54) is 34.2 Å². The zero-order chi connectivity index (χ0) is 18.7. The molecule has 0 aliphatic heterocycles. The predicted octanol–water partition coefficient (Wildman–Crippen LogP) is 3.37. The second kappa shape index (κ2) is 7.89. The van der Waals surface area contributed by atoms with Crippen molar-refractivity contribution in [2.75, 3.05) is 6.54 Å². The van der Waals surface area contributed by atoms with Crippen molar-refractivity contribution in [1.29, 1.82) is 0 Å². The molecule has 0 radical (unpaired) electrons. The van der Waals surface area contributed by atoms with Crippen LogP contribution in [-0.4, -0.2) is 22.0 Å². The summed E-state index contributed by atoms with van der Waals surface area (Å²) in [5, 5.41) is 3.77. The Labute approximate surface area is 160 Å². The van der Waals surface area contributed by atoms with Crippen LogP contribution < -0.4 is 10.9 Å². The molecule has 1 N–H and O–H groups in total. The van der Waals surface area contributed by atoms with Crippen LogP contribution in [0, 0.1) is 6.92 Å². The molecule has 0 saturated heterocycles. The van der Waals surface area contributed by atoms with Crippen LogP contribution in [0.1, 0.15) is 11.1 Å². The minimum absolute atomic E-state index is 0.111. The highest BCUT2D eigenvalue weighted by atomic mass is 35.5. The van der Waals surface area contributed by atoms with Gasteiger partial charge in [0.1, 0.15) is 6.54 Å². The highest BCUT2D eigenvalue weighted by molar-refractivity contribution is 6.38. The van der Waals surface area contributed by atoms with Crippen LogP contribution in [-0.2, 0) is 17.8 Å². The molecule has 3 aromatic rings. The fourth-order valence-corrected chi connectivity index (χ4v) is 3.29. The summed E-state index contributed by atoms with van der Waals surface area (Å²) in [5.41, 5.74) is 2.39. The Kier molecular flexibility index (Phi) is 5.59. The number of carbonyl (C=O) groups excluding carboxylic acids is 1. The number of aromatic nitrogens is 2. The first-order valence-electron chi connectivity index (χ1n) is 8.11. The van der Waals surface area contributed by atoms with Crippen molar-refractivity contribution >= 4 is 40.0 Å². The van der Waals surface area contributed by atoms with Gasteiger partial charge in [0.2, 0.25) is 5.91 Å². The van der Waals surface area contributed by atoms with Crippen molar-refractivity contribution in [2.24, 2.45) is 0 Å². The number of rotatable bonds is 5. The molecule has 0 spiro atoms. The number of hydrogen-bond acceptors (Lipinski definition) is 3. The maximum Gasteiger partial charge on any atom is 0.261 e. The molecule has 0 atom stereocenters. The van der Waals surface area contributed by atoms with Gasteiger partial charge < -0.3 is 5.32 Å². The lowest BCUT2D eigenvalue weighted by atomic mass is 10.1. The van der Waals surface area contributed by atoms with E-state index >= 15 is 0 Å². The predicted molar refractivity (Wildman–Crippen MR) is 104 cm³/mol. The van der Waals surface area contributed by atoms with Gasteiger partial charge in [0, 0.05) is 11.6 Å².